The number of aromatic amines is 1. The zero-order chi connectivity index (χ0) is 17.4. The molecule has 2 N–H and O–H groups in total. The van der Waals surface area contributed by atoms with Crippen LogP contribution in [0.2, 0.25) is 0 Å². The lowest BCUT2D eigenvalue weighted by Gasteiger charge is -2.43. The van der Waals surface area contributed by atoms with E-state index in [0.29, 0.717) is 17.9 Å². The summed E-state index contributed by atoms with van der Waals surface area (Å²) in [6.07, 6.45) is 6.10. The van der Waals surface area contributed by atoms with Crippen molar-refractivity contribution < 1.29 is 0 Å². The van der Waals surface area contributed by atoms with E-state index in [0.717, 1.165) is 48.1 Å². The molecule has 2 atom stereocenters. The second-order valence-corrected chi connectivity index (χ2v) is 7.95. The Labute approximate surface area is 154 Å². The first kappa shape index (κ1) is 16.6. The molecule has 1 aliphatic heterocycles. The number of rotatable bonds is 3. The van der Waals surface area contributed by atoms with Gasteiger partial charge in [-0.1, -0.05) is 13.8 Å². The van der Waals surface area contributed by atoms with Crippen LogP contribution in [0.4, 0.5) is 5.82 Å². The molecule has 6 nitrogen and oxygen atoms in total. The Hall–Kier alpha value is -1.89. The summed E-state index contributed by atoms with van der Waals surface area (Å²) >= 11 is 5.70. The number of thiocarbonyl (C=S) groups is 1. The Morgan fingerprint density at radius 1 is 1.36 bits per heavy atom. The molecule has 2 fully saturated rings. The minimum atomic E-state index is 0.570. The number of fused-ring (bicyclic) bond motifs is 2. The Balaban J connectivity index is 1.53. The highest BCUT2D eigenvalue weighted by atomic mass is 32.1. The Kier molecular flexibility index (Phi) is 4.50. The minimum absolute atomic E-state index is 0.570. The van der Waals surface area contributed by atoms with Gasteiger partial charge < -0.3 is 20.1 Å². The highest BCUT2D eigenvalue weighted by Gasteiger charge is 2.40. The summed E-state index contributed by atoms with van der Waals surface area (Å²) < 4.78 is 0. The summed E-state index contributed by atoms with van der Waals surface area (Å²) in [4.78, 5) is 16.9. The molecule has 0 amide bonds. The lowest BCUT2D eigenvalue weighted by atomic mass is 9.78. The van der Waals surface area contributed by atoms with Crippen molar-refractivity contribution in [2.45, 2.75) is 32.7 Å². The number of H-pyrrole nitrogens is 1. The zero-order valence-electron chi connectivity index (χ0n) is 14.9. The van der Waals surface area contributed by atoms with Crippen LogP contribution in [-0.2, 0) is 0 Å². The van der Waals surface area contributed by atoms with E-state index in [1.165, 1.54) is 12.8 Å². The molecule has 1 saturated carbocycles. The third-order valence-corrected chi connectivity index (χ3v) is 5.78. The number of hydrogen-bond acceptors (Lipinski definition) is 4. The number of anilines is 1. The van der Waals surface area contributed by atoms with Crippen LogP contribution in [0.3, 0.4) is 0 Å². The third-order valence-electron chi connectivity index (χ3n) is 5.40. The molecule has 25 heavy (non-hydrogen) atoms. The van der Waals surface area contributed by atoms with E-state index in [2.05, 4.69) is 50.0 Å². The monoisotopic (exact) mass is 358 g/mol. The second kappa shape index (κ2) is 6.78. The van der Waals surface area contributed by atoms with E-state index in [1.807, 2.05) is 6.20 Å². The summed E-state index contributed by atoms with van der Waals surface area (Å²) in [7, 11) is 0. The van der Waals surface area contributed by atoms with Crippen molar-refractivity contribution in [3.8, 4) is 0 Å². The molecule has 2 aromatic heterocycles. The van der Waals surface area contributed by atoms with Crippen LogP contribution < -0.4 is 10.2 Å². The fraction of sp³-hybridized carbons (Fsp3) is 0.611. The van der Waals surface area contributed by atoms with Crippen LogP contribution >= 0.6 is 12.2 Å². The van der Waals surface area contributed by atoms with Gasteiger partial charge in [0.15, 0.2) is 5.11 Å². The number of aromatic nitrogens is 3. The van der Waals surface area contributed by atoms with Crippen molar-refractivity contribution in [1.29, 1.82) is 0 Å². The van der Waals surface area contributed by atoms with Crippen molar-refractivity contribution in [1.82, 2.24) is 25.2 Å². The topological polar surface area (TPSA) is 60.1 Å². The molecule has 0 spiro atoms. The van der Waals surface area contributed by atoms with Crippen molar-refractivity contribution in [2.24, 2.45) is 11.8 Å². The molecule has 0 bridgehead atoms. The fourth-order valence-corrected chi connectivity index (χ4v) is 4.20. The van der Waals surface area contributed by atoms with Gasteiger partial charge in [-0.3, -0.25) is 0 Å². The van der Waals surface area contributed by atoms with Crippen molar-refractivity contribution in [2.75, 3.05) is 31.1 Å². The average Bonchev–Trinajstić information content (AvgIpc) is 3.01. The first-order valence-corrected chi connectivity index (χ1v) is 9.62. The smallest absolute Gasteiger partial charge is 0.169 e. The molecule has 134 valence electrons. The summed E-state index contributed by atoms with van der Waals surface area (Å²) in [5, 5.41) is 5.47. The van der Waals surface area contributed by atoms with Gasteiger partial charge in [0.1, 0.15) is 17.8 Å². The van der Waals surface area contributed by atoms with Gasteiger partial charge in [-0.2, -0.15) is 0 Å². The highest BCUT2D eigenvalue weighted by molar-refractivity contribution is 7.80. The van der Waals surface area contributed by atoms with Gasteiger partial charge in [0, 0.05) is 38.4 Å². The molecule has 7 heteroatoms. The largest absolute Gasteiger partial charge is 0.362 e. The fourth-order valence-electron chi connectivity index (χ4n) is 3.89. The molecule has 1 saturated heterocycles. The van der Waals surface area contributed by atoms with E-state index in [9.17, 15) is 0 Å². The maximum atomic E-state index is 5.70. The summed E-state index contributed by atoms with van der Waals surface area (Å²) in [6, 6.07) is 2.64. The first-order valence-electron chi connectivity index (χ1n) is 9.21. The van der Waals surface area contributed by atoms with Gasteiger partial charge >= 0.3 is 0 Å². The normalized spacial score (nSPS) is 23.3. The van der Waals surface area contributed by atoms with Gasteiger partial charge in [-0.05, 0) is 43.0 Å². The van der Waals surface area contributed by atoms with Crippen LogP contribution in [0.5, 0.6) is 0 Å². The molecule has 4 rings (SSSR count). The van der Waals surface area contributed by atoms with E-state index >= 15 is 0 Å². The quantitative estimate of drug-likeness (QED) is 0.822. The van der Waals surface area contributed by atoms with Crippen LogP contribution in [-0.4, -0.2) is 57.2 Å². The van der Waals surface area contributed by atoms with E-state index < -0.39 is 0 Å². The molecule has 1 unspecified atom stereocenters. The predicted molar refractivity (Wildman–Crippen MR) is 105 cm³/mol. The Morgan fingerprint density at radius 3 is 3.00 bits per heavy atom. The van der Waals surface area contributed by atoms with Crippen molar-refractivity contribution in [3.63, 3.8) is 0 Å². The summed E-state index contributed by atoms with van der Waals surface area (Å²) in [5.74, 6) is 2.30. The maximum absolute atomic E-state index is 5.70. The molecular formula is C18H26N6S. The Morgan fingerprint density at radius 2 is 2.24 bits per heavy atom. The number of hydrogen-bond donors (Lipinski definition) is 2. The molecule has 3 heterocycles. The van der Waals surface area contributed by atoms with Crippen molar-refractivity contribution in [3.05, 3.63) is 18.6 Å². The zero-order valence-corrected chi connectivity index (χ0v) is 15.7. The SMILES string of the molecule is CC(C)CNC(=S)N1CCN(c2ncnc3[nH]ccc23)C[C@@H]2CCC21. The molecular weight excluding hydrogens is 332 g/mol. The van der Waals surface area contributed by atoms with Crippen LogP contribution in [0, 0.1) is 11.8 Å². The van der Waals surface area contributed by atoms with Gasteiger partial charge in [0.05, 0.1) is 5.39 Å². The molecule has 0 aromatic carbocycles. The third kappa shape index (κ3) is 3.17. The van der Waals surface area contributed by atoms with Crippen molar-refractivity contribution >= 4 is 34.2 Å². The van der Waals surface area contributed by atoms with Gasteiger partial charge in [0.2, 0.25) is 0 Å². The van der Waals surface area contributed by atoms with Gasteiger partial charge in [-0.25, -0.2) is 9.97 Å². The predicted octanol–water partition coefficient (Wildman–Crippen LogP) is 2.39. The molecule has 1 aliphatic carbocycles. The van der Waals surface area contributed by atoms with Crippen LogP contribution in [0.15, 0.2) is 18.6 Å². The first-order chi connectivity index (χ1) is 12.1. The van der Waals surface area contributed by atoms with E-state index in [1.54, 1.807) is 6.33 Å². The standard InChI is InChI=1S/C18H26N6S/c1-12(2)9-20-18(25)24-8-7-23(10-13-3-4-15(13)24)17-14-5-6-19-16(14)21-11-22-17/h5-6,11-13,15H,3-4,7-10H2,1-2H3,(H,20,25)(H,19,21,22)/t13-,15?/m0/s1. The average molecular weight is 359 g/mol. The minimum Gasteiger partial charge on any atom is -0.362 e. The molecule has 2 aromatic rings. The summed E-state index contributed by atoms with van der Waals surface area (Å²) in [5.41, 5.74) is 0.908. The second-order valence-electron chi connectivity index (χ2n) is 7.56. The van der Waals surface area contributed by atoms with Gasteiger partial charge in [-0.15, -0.1) is 0 Å². The molecule has 0 radical (unpaired) electrons. The lowest BCUT2D eigenvalue weighted by molar-refractivity contribution is 0.142. The van der Waals surface area contributed by atoms with Gasteiger partial charge in [0.25, 0.3) is 0 Å². The number of nitrogens with zero attached hydrogens (tertiary/aromatic N) is 4. The summed E-state index contributed by atoms with van der Waals surface area (Å²) in [6.45, 7) is 8.29. The molecule has 2 aliphatic rings. The Bertz CT molecular complexity index is 757. The van der Waals surface area contributed by atoms with E-state index in [-0.39, 0.29) is 0 Å². The van der Waals surface area contributed by atoms with Crippen LogP contribution in [0.1, 0.15) is 26.7 Å². The lowest BCUT2D eigenvalue weighted by Crippen LogP contribution is -2.53. The van der Waals surface area contributed by atoms with Crippen LogP contribution in [0.25, 0.3) is 11.0 Å². The van der Waals surface area contributed by atoms with E-state index in [4.69, 9.17) is 12.2 Å². The number of nitrogens with one attached hydrogen (secondary N) is 2. The highest BCUT2D eigenvalue weighted by Crippen LogP contribution is 2.36. The maximum Gasteiger partial charge on any atom is 0.169 e.